The van der Waals surface area contributed by atoms with E-state index in [0.29, 0.717) is 0 Å². The molecule has 0 aromatic heterocycles. The van der Waals surface area contributed by atoms with Gasteiger partial charge in [0.2, 0.25) is 0 Å². The minimum atomic E-state index is -0.450. The minimum absolute atomic E-state index is 0. The number of carbonyl (C=O) groups excluding carboxylic acids is 3. The summed E-state index contributed by atoms with van der Waals surface area (Å²) in [5.74, 6) is 0. The molecule has 0 radical (unpaired) electrons. The van der Waals surface area contributed by atoms with E-state index in [2.05, 4.69) is 29.2 Å². The van der Waals surface area contributed by atoms with Crippen LogP contribution in [0.2, 0.25) is 29.2 Å². The molecule has 0 rings (SSSR count). The third-order valence-electron chi connectivity index (χ3n) is 0. The topological polar surface area (TPSA) is 51.2 Å². The van der Waals surface area contributed by atoms with Crippen molar-refractivity contribution in [3.63, 3.8) is 0 Å². The fourth-order valence-electron chi connectivity index (χ4n) is 0. The molecule has 0 spiro atoms. The zero-order chi connectivity index (χ0) is 13.2. The predicted molar refractivity (Wildman–Crippen MR) is 68.1 cm³/mol. The van der Waals surface area contributed by atoms with E-state index in [-0.39, 0.29) is 17.1 Å². The monoisotopic (exact) mass is 478 g/mol. The Kier molecular flexibility index (Phi) is 142. The SMILES string of the molecule is C=O.C=O.C=O.[CH3][Sb]([CH3])[CH3].[CH3][Sb]([CH3])[CH3].[Fe]. The van der Waals surface area contributed by atoms with Crippen LogP contribution in [0, 0.1) is 0 Å². The van der Waals surface area contributed by atoms with Gasteiger partial charge in [0.05, 0.1) is 0 Å². The van der Waals surface area contributed by atoms with Crippen molar-refractivity contribution in [2.24, 2.45) is 0 Å². The third-order valence-corrected chi connectivity index (χ3v) is 0. The summed E-state index contributed by atoms with van der Waals surface area (Å²) in [5, 5.41) is 0. The summed E-state index contributed by atoms with van der Waals surface area (Å²) < 4.78 is 0. The Morgan fingerprint density at radius 2 is 0.533 bits per heavy atom. The molecule has 0 aliphatic heterocycles. The maximum atomic E-state index is 8.00. The first-order valence-corrected chi connectivity index (χ1v) is 18.9. The number of carbonyl (C=O) groups is 3. The maximum Gasteiger partial charge on any atom is 0 e. The second-order valence-electron chi connectivity index (χ2n) is 2.68. The van der Waals surface area contributed by atoms with Gasteiger partial charge in [0.15, 0.2) is 0 Å². The van der Waals surface area contributed by atoms with E-state index >= 15 is 0 Å². The first-order valence-electron chi connectivity index (χ1n) is 3.55. The van der Waals surface area contributed by atoms with Crippen LogP contribution in [-0.2, 0) is 31.5 Å². The molecule has 15 heavy (non-hydrogen) atoms. The quantitative estimate of drug-likeness (QED) is 0.501. The molecular weight excluding hydrogens is 455 g/mol. The van der Waals surface area contributed by atoms with Gasteiger partial charge >= 0.3 is 69.6 Å². The number of rotatable bonds is 0. The van der Waals surface area contributed by atoms with Crippen LogP contribution in [0.15, 0.2) is 0 Å². The molecule has 0 unspecified atom stereocenters. The minimum Gasteiger partial charge on any atom is 0 e. The summed E-state index contributed by atoms with van der Waals surface area (Å²) in [4.78, 5) is 38.1. The number of hydrogen-bond acceptors (Lipinski definition) is 3. The van der Waals surface area contributed by atoms with Gasteiger partial charge in [-0.05, 0) is 0 Å². The van der Waals surface area contributed by atoms with E-state index in [4.69, 9.17) is 14.4 Å². The van der Waals surface area contributed by atoms with E-state index in [9.17, 15) is 0 Å². The molecule has 0 aliphatic rings. The van der Waals surface area contributed by atoms with Gasteiger partial charge in [0, 0.05) is 17.1 Å². The number of hydrogen-bond donors (Lipinski definition) is 0. The second kappa shape index (κ2) is 59.3. The van der Waals surface area contributed by atoms with Crippen molar-refractivity contribution in [1.82, 2.24) is 0 Å². The van der Waals surface area contributed by atoms with Gasteiger partial charge in [-0.2, -0.15) is 0 Å². The predicted octanol–water partition coefficient (Wildman–Crippen LogP) is 2.18. The molecule has 0 aromatic rings. The molecule has 0 saturated carbocycles. The van der Waals surface area contributed by atoms with Crippen molar-refractivity contribution in [3.05, 3.63) is 0 Å². The maximum absolute atomic E-state index is 8.00. The Hall–Kier alpha value is 1.17. The standard InChI is InChI=1S/3CH2O.6CH3.Fe.2Sb/c3*1-2;;;;;;;;;/h3*1H2;6*1H3;;;. The molecule has 0 N–H and O–H groups in total. The molecule has 96 valence electrons. The largest absolute Gasteiger partial charge is 0 e. The fourth-order valence-corrected chi connectivity index (χ4v) is 0. The molecule has 0 aromatic carbocycles. The Morgan fingerprint density at radius 3 is 0.533 bits per heavy atom. The Bertz CT molecular complexity index is 60.1. The van der Waals surface area contributed by atoms with Crippen molar-refractivity contribution in [2.75, 3.05) is 0 Å². The summed E-state index contributed by atoms with van der Waals surface area (Å²) in [7, 11) is 0. The Labute approximate surface area is 120 Å². The zero-order valence-electron chi connectivity index (χ0n) is 10.6. The van der Waals surface area contributed by atoms with Gasteiger partial charge in [-0.3, -0.25) is 0 Å². The van der Waals surface area contributed by atoms with E-state index in [1.165, 1.54) is 0 Å². The van der Waals surface area contributed by atoms with Crippen LogP contribution < -0.4 is 0 Å². The molecule has 0 bridgehead atoms. The summed E-state index contributed by atoms with van der Waals surface area (Å²) in [5.41, 5.74) is 0. The van der Waals surface area contributed by atoms with E-state index < -0.39 is 40.4 Å². The van der Waals surface area contributed by atoms with Crippen LogP contribution in [0.4, 0.5) is 0 Å². The van der Waals surface area contributed by atoms with Crippen molar-refractivity contribution in [2.45, 2.75) is 29.2 Å². The van der Waals surface area contributed by atoms with Crippen molar-refractivity contribution >= 4 is 60.8 Å². The van der Waals surface area contributed by atoms with Crippen LogP contribution in [0.5, 0.6) is 0 Å². The summed E-state index contributed by atoms with van der Waals surface area (Å²) >= 11 is -0.900. The zero-order valence-corrected chi connectivity index (χ0v) is 16.8. The van der Waals surface area contributed by atoms with Gasteiger partial charge in [-0.1, -0.05) is 0 Å². The molecule has 3 nitrogen and oxygen atoms in total. The van der Waals surface area contributed by atoms with Crippen molar-refractivity contribution in [3.8, 4) is 0 Å². The van der Waals surface area contributed by atoms with Crippen molar-refractivity contribution in [1.29, 1.82) is 0 Å². The van der Waals surface area contributed by atoms with Gasteiger partial charge in [-0.15, -0.1) is 0 Å². The molecule has 0 aliphatic carbocycles. The first kappa shape index (κ1) is 36.0. The average Bonchev–Trinajstić information content (AvgIpc) is 2.12. The Balaban J connectivity index is -0.0000000175. The average molecular weight is 480 g/mol. The van der Waals surface area contributed by atoms with Crippen molar-refractivity contribution < 1.29 is 31.5 Å². The van der Waals surface area contributed by atoms with E-state index in [1.807, 2.05) is 20.4 Å². The van der Waals surface area contributed by atoms with Gasteiger partial charge < -0.3 is 14.4 Å². The van der Waals surface area contributed by atoms with Crippen LogP contribution in [0.25, 0.3) is 0 Å². The molecule has 0 saturated heterocycles. The van der Waals surface area contributed by atoms with E-state index in [0.717, 1.165) is 0 Å². The van der Waals surface area contributed by atoms with Crippen LogP contribution in [0.3, 0.4) is 0 Å². The first-order chi connectivity index (χ1) is 6.46. The summed E-state index contributed by atoms with van der Waals surface area (Å²) in [6.07, 6.45) is 0. The Morgan fingerprint density at radius 1 is 0.533 bits per heavy atom. The van der Waals surface area contributed by atoms with Crippen LogP contribution >= 0.6 is 0 Å². The van der Waals surface area contributed by atoms with Gasteiger partial charge in [0.1, 0.15) is 20.4 Å². The molecule has 0 fully saturated rings. The summed E-state index contributed by atoms with van der Waals surface area (Å²) in [6, 6.07) is 0. The van der Waals surface area contributed by atoms with Crippen LogP contribution in [-0.4, -0.2) is 60.8 Å². The van der Waals surface area contributed by atoms with Crippen LogP contribution in [0.1, 0.15) is 0 Å². The second-order valence-corrected chi connectivity index (χ2v) is 18.0. The molecule has 0 atom stereocenters. The third kappa shape index (κ3) is 1930. The van der Waals surface area contributed by atoms with E-state index in [1.54, 1.807) is 0 Å². The molecular formula is C9H24FeO3Sb2. The van der Waals surface area contributed by atoms with Gasteiger partial charge in [-0.25, -0.2) is 0 Å². The molecule has 0 heterocycles. The summed E-state index contributed by atoms with van der Waals surface area (Å²) in [6.45, 7) is 6.00. The van der Waals surface area contributed by atoms with Gasteiger partial charge in [0.25, 0.3) is 0 Å². The fraction of sp³-hybridized carbons (Fsp3) is 0.667. The molecule has 6 heteroatoms. The normalized spacial score (nSPS) is 5.60. The smallest absolute Gasteiger partial charge is 0 e. The molecule has 0 amide bonds.